The Balaban J connectivity index is 1.74. The standard InChI is InChI=1S/C25H28BrCl2N5O2S/c1-6-33-23(22(13(2)3)30-24(35)17-8-7-16(27)11-19(17)28)31-32-25(33)36-12-21(34)29-20-10-15(5)14(4)9-18(20)26/h7-11,13,22H,6,12H2,1-5H3,(H,29,34)(H,30,35)/t22-/m0/s1. The van der Waals surface area contributed by atoms with Gasteiger partial charge in [0.15, 0.2) is 11.0 Å². The molecule has 1 heterocycles. The van der Waals surface area contributed by atoms with E-state index in [1.807, 2.05) is 51.3 Å². The van der Waals surface area contributed by atoms with Gasteiger partial charge in [0.25, 0.3) is 5.91 Å². The third-order valence-corrected chi connectivity index (χ3v) is 7.83. The van der Waals surface area contributed by atoms with Crippen LogP contribution in [0.15, 0.2) is 40.0 Å². The monoisotopic (exact) mass is 611 g/mol. The van der Waals surface area contributed by atoms with E-state index in [-0.39, 0.29) is 28.5 Å². The molecule has 0 saturated heterocycles. The number of aromatic nitrogens is 3. The van der Waals surface area contributed by atoms with Gasteiger partial charge in [-0.1, -0.05) is 48.8 Å². The van der Waals surface area contributed by atoms with Crippen molar-refractivity contribution in [3.05, 3.63) is 67.4 Å². The topological polar surface area (TPSA) is 88.9 Å². The number of hydrogen-bond donors (Lipinski definition) is 2. The lowest BCUT2D eigenvalue weighted by Crippen LogP contribution is -2.34. The van der Waals surface area contributed by atoms with Crippen LogP contribution in [0.2, 0.25) is 10.0 Å². The van der Waals surface area contributed by atoms with Gasteiger partial charge < -0.3 is 15.2 Å². The fraction of sp³-hybridized carbons (Fsp3) is 0.360. The molecule has 3 aromatic rings. The summed E-state index contributed by atoms with van der Waals surface area (Å²) in [5, 5.41) is 16.0. The number of rotatable bonds is 9. The Hall–Kier alpha value is -2.07. The molecule has 0 aliphatic carbocycles. The molecule has 0 saturated carbocycles. The van der Waals surface area contributed by atoms with Gasteiger partial charge in [-0.2, -0.15) is 0 Å². The zero-order valence-corrected chi connectivity index (χ0v) is 24.6. The number of benzene rings is 2. The first-order valence-corrected chi connectivity index (χ1v) is 13.9. The first-order valence-electron chi connectivity index (χ1n) is 11.4. The first-order chi connectivity index (χ1) is 17.0. The molecular weight excluding hydrogens is 585 g/mol. The summed E-state index contributed by atoms with van der Waals surface area (Å²) in [6.07, 6.45) is 0. The van der Waals surface area contributed by atoms with Crippen LogP contribution in [-0.2, 0) is 11.3 Å². The Labute approximate surface area is 233 Å². The molecule has 0 radical (unpaired) electrons. The molecule has 0 aliphatic rings. The van der Waals surface area contributed by atoms with Crippen LogP contribution in [0.1, 0.15) is 54.1 Å². The zero-order valence-electron chi connectivity index (χ0n) is 20.7. The number of amides is 2. The normalized spacial score (nSPS) is 12.0. The summed E-state index contributed by atoms with van der Waals surface area (Å²) in [6.45, 7) is 10.6. The maximum atomic E-state index is 13.0. The summed E-state index contributed by atoms with van der Waals surface area (Å²) in [6, 6.07) is 8.26. The number of thioether (sulfide) groups is 1. The number of halogens is 3. The van der Waals surface area contributed by atoms with Crippen LogP contribution in [-0.4, -0.2) is 32.3 Å². The summed E-state index contributed by atoms with van der Waals surface area (Å²) < 4.78 is 2.75. The Morgan fingerprint density at radius 1 is 1.11 bits per heavy atom. The molecule has 3 rings (SSSR count). The fourth-order valence-electron chi connectivity index (χ4n) is 3.55. The van der Waals surface area contributed by atoms with Gasteiger partial charge in [-0.15, -0.1) is 10.2 Å². The predicted octanol–water partition coefficient (Wildman–Crippen LogP) is 6.84. The SMILES string of the molecule is CCn1c(SCC(=O)Nc2cc(C)c(C)cc2Br)nnc1[C@@H](NC(=O)c1ccc(Cl)cc1Cl)C(C)C. The second-order valence-electron chi connectivity index (χ2n) is 8.66. The van der Waals surface area contributed by atoms with Crippen molar-refractivity contribution in [2.24, 2.45) is 5.92 Å². The van der Waals surface area contributed by atoms with Crippen LogP contribution in [0.3, 0.4) is 0 Å². The van der Waals surface area contributed by atoms with Gasteiger partial charge in [-0.3, -0.25) is 9.59 Å². The lowest BCUT2D eigenvalue weighted by atomic mass is 10.0. The van der Waals surface area contributed by atoms with Gasteiger partial charge in [0.1, 0.15) is 0 Å². The third-order valence-electron chi connectivity index (χ3n) is 5.66. The van der Waals surface area contributed by atoms with E-state index in [2.05, 4.69) is 36.8 Å². The van der Waals surface area contributed by atoms with E-state index >= 15 is 0 Å². The minimum Gasteiger partial charge on any atom is -0.342 e. The van der Waals surface area contributed by atoms with Crippen molar-refractivity contribution in [2.45, 2.75) is 52.4 Å². The summed E-state index contributed by atoms with van der Waals surface area (Å²) in [5.74, 6) is 0.329. The largest absolute Gasteiger partial charge is 0.342 e. The fourth-order valence-corrected chi connectivity index (χ4v) is 5.41. The van der Waals surface area contributed by atoms with Crippen molar-refractivity contribution in [1.29, 1.82) is 0 Å². The van der Waals surface area contributed by atoms with E-state index in [4.69, 9.17) is 23.2 Å². The van der Waals surface area contributed by atoms with E-state index in [9.17, 15) is 9.59 Å². The highest BCUT2D eigenvalue weighted by Gasteiger charge is 2.27. The van der Waals surface area contributed by atoms with Crippen molar-refractivity contribution in [1.82, 2.24) is 20.1 Å². The minimum atomic E-state index is -0.411. The maximum absolute atomic E-state index is 13.0. The molecule has 192 valence electrons. The van der Waals surface area contributed by atoms with Crippen LogP contribution in [0.25, 0.3) is 0 Å². The van der Waals surface area contributed by atoms with Crippen molar-refractivity contribution in [3.8, 4) is 0 Å². The lowest BCUT2D eigenvalue weighted by molar-refractivity contribution is -0.113. The Bertz CT molecular complexity index is 1280. The second kappa shape index (κ2) is 12.4. The molecule has 2 aromatic carbocycles. The van der Waals surface area contributed by atoms with Crippen LogP contribution >= 0.6 is 50.9 Å². The molecule has 0 aliphatic heterocycles. The molecule has 2 amide bonds. The van der Waals surface area contributed by atoms with Crippen LogP contribution in [0, 0.1) is 19.8 Å². The molecule has 0 bridgehead atoms. The van der Waals surface area contributed by atoms with Crippen molar-refractivity contribution in [2.75, 3.05) is 11.1 Å². The van der Waals surface area contributed by atoms with Gasteiger partial charge in [-0.05, 0) is 84.1 Å². The number of aryl methyl sites for hydroxylation is 2. The van der Waals surface area contributed by atoms with E-state index in [1.54, 1.807) is 12.1 Å². The Kier molecular flexibility index (Phi) is 9.86. The van der Waals surface area contributed by atoms with Crippen LogP contribution < -0.4 is 10.6 Å². The molecular formula is C25H28BrCl2N5O2S. The van der Waals surface area contributed by atoms with E-state index in [1.165, 1.54) is 17.8 Å². The molecule has 11 heteroatoms. The highest BCUT2D eigenvalue weighted by Crippen LogP contribution is 2.29. The van der Waals surface area contributed by atoms with E-state index in [0.29, 0.717) is 28.1 Å². The Morgan fingerprint density at radius 2 is 1.81 bits per heavy atom. The number of carbonyl (C=O) groups is 2. The predicted molar refractivity (Wildman–Crippen MR) is 150 cm³/mol. The molecule has 0 unspecified atom stereocenters. The van der Waals surface area contributed by atoms with Crippen molar-refractivity contribution < 1.29 is 9.59 Å². The lowest BCUT2D eigenvalue weighted by Gasteiger charge is -2.22. The molecule has 0 fully saturated rings. The quantitative estimate of drug-likeness (QED) is 0.258. The van der Waals surface area contributed by atoms with Gasteiger partial charge in [0.2, 0.25) is 5.91 Å². The molecule has 36 heavy (non-hydrogen) atoms. The highest BCUT2D eigenvalue weighted by atomic mass is 79.9. The van der Waals surface area contributed by atoms with Crippen LogP contribution in [0.4, 0.5) is 5.69 Å². The van der Waals surface area contributed by atoms with Gasteiger partial charge in [0, 0.05) is 16.0 Å². The van der Waals surface area contributed by atoms with Crippen molar-refractivity contribution in [3.63, 3.8) is 0 Å². The van der Waals surface area contributed by atoms with Gasteiger partial charge in [-0.25, -0.2) is 0 Å². The molecule has 1 aromatic heterocycles. The highest BCUT2D eigenvalue weighted by molar-refractivity contribution is 9.10. The molecule has 2 N–H and O–H groups in total. The number of nitrogens with zero attached hydrogens (tertiary/aromatic N) is 3. The number of anilines is 1. The van der Waals surface area contributed by atoms with Crippen molar-refractivity contribution >= 4 is 68.4 Å². The average molecular weight is 613 g/mol. The van der Waals surface area contributed by atoms with E-state index in [0.717, 1.165) is 21.3 Å². The van der Waals surface area contributed by atoms with Gasteiger partial charge in [0.05, 0.1) is 28.1 Å². The van der Waals surface area contributed by atoms with Gasteiger partial charge >= 0.3 is 0 Å². The average Bonchev–Trinajstić information content (AvgIpc) is 3.21. The second-order valence-corrected chi connectivity index (χ2v) is 11.3. The number of nitrogens with one attached hydrogen (secondary N) is 2. The first kappa shape index (κ1) is 28.5. The summed E-state index contributed by atoms with van der Waals surface area (Å²) in [7, 11) is 0. The summed E-state index contributed by atoms with van der Waals surface area (Å²) >= 11 is 17.0. The number of carbonyl (C=O) groups excluding carboxylic acids is 2. The Morgan fingerprint density at radius 3 is 2.44 bits per heavy atom. The zero-order chi connectivity index (χ0) is 26.6. The minimum absolute atomic E-state index is 0.0257. The molecule has 7 nitrogen and oxygen atoms in total. The smallest absolute Gasteiger partial charge is 0.253 e. The van der Waals surface area contributed by atoms with Crippen LogP contribution in [0.5, 0.6) is 0 Å². The maximum Gasteiger partial charge on any atom is 0.253 e. The summed E-state index contributed by atoms with van der Waals surface area (Å²) in [5.41, 5.74) is 3.30. The molecule has 0 spiro atoms. The number of hydrogen-bond acceptors (Lipinski definition) is 5. The summed E-state index contributed by atoms with van der Waals surface area (Å²) in [4.78, 5) is 25.6. The molecule has 1 atom stereocenters. The van der Waals surface area contributed by atoms with E-state index < -0.39 is 6.04 Å². The third kappa shape index (κ3) is 6.82.